The molecule has 1 saturated carbocycles. The minimum atomic E-state index is 0.267. The summed E-state index contributed by atoms with van der Waals surface area (Å²) in [5, 5.41) is 7.70. The van der Waals surface area contributed by atoms with E-state index in [9.17, 15) is 0 Å². The normalized spacial score (nSPS) is 15.0. The first-order valence-corrected chi connectivity index (χ1v) is 7.68. The number of aromatic amines is 1. The molecule has 0 bridgehead atoms. The maximum absolute atomic E-state index is 6.14. The van der Waals surface area contributed by atoms with Gasteiger partial charge < -0.3 is 8.98 Å². The fraction of sp³-hybridized carbons (Fsp3) is 0.308. The van der Waals surface area contributed by atoms with E-state index in [0.29, 0.717) is 28.4 Å². The van der Waals surface area contributed by atoms with Crippen LogP contribution >= 0.6 is 35.4 Å². The number of hydrogen-bond acceptors (Lipinski definition) is 4. The number of H-pyrrole nitrogens is 1. The Hall–Kier alpha value is -1.37. The number of nitrogens with zero attached hydrogens (tertiary/aromatic N) is 3. The van der Waals surface area contributed by atoms with Crippen LogP contribution in [0.15, 0.2) is 16.5 Å². The predicted octanol–water partition coefficient (Wildman–Crippen LogP) is 4.31. The molecule has 0 saturated heterocycles. The molecule has 4 rings (SSSR count). The third-order valence-corrected chi connectivity index (χ3v) is 4.43. The quantitative estimate of drug-likeness (QED) is 0.721. The molecule has 8 heteroatoms. The van der Waals surface area contributed by atoms with Gasteiger partial charge in [-0.3, -0.25) is 0 Å². The van der Waals surface area contributed by atoms with E-state index in [4.69, 9.17) is 44.8 Å². The van der Waals surface area contributed by atoms with Crippen molar-refractivity contribution >= 4 is 46.5 Å². The van der Waals surface area contributed by atoms with Gasteiger partial charge in [-0.25, -0.2) is 10.1 Å². The van der Waals surface area contributed by atoms with Crippen molar-refractivity contribution in [2.24, 2.45) is 0 Å². The van der Waals surface area contributed by atoms with E-state index in [1.54, 1.807) is 6.07 Å². The number of benzene rings is 1. The molecule has 0 atom stereocenters. The van der Waals surface area contributed by atoms with Crippen LogP contribution < -0.4 is 0 Å². The molecule has 21 heavy (non-hydrogen) atoms. The van der Waals surface area contributed by atoms with Gasteiger partial charge in [0.05, 0.1) is 21.1 Å². The standard InChI is InChI=1S/C13H10Cl2N4OS/c14-7-3-9-10(4-8(7)15)19(12(16-9)6-1-2-6)5-11-17-18-13(21)20-11/h3-4,6H,1-2,5H2,(H,18,21). The summed E-state index contributed by atoms with van der Waals surface area (Å²) in [5.74, 6) is 2.02. The first kappa shape index (κ1) is 13.3. The van der Waals surface area contributed by atoms with E-state index in [2.05, 4.69) is 14.8 Å². The van der Waals surface area contributed by atoms with Gasteiger partial charge >= 0.3 is 0 Å². The highest BCUT2D eigenvalue weighted by Crippen LogP contribution is 2.41. The minimum Gasteiger partial charge on any atom is -0.412 e. The van der Waals surface area contributed by atoms with E-state index >= 15 is 0 Å². The molecule has 0 amide bonds. The Morgan fingerprint density at radius 1 is 1.33 bits per heavy atom. The Kier molecular flexibility index (Phi) is 3.06. The van der Waals surface area contributed by atoms with Gasteiger partial charge in [-0.05, 0) is 37.2 Å². The van der Waals surface area contributed by atoms with Crippen LogP contribution in [0.1, 0.15) is 30.5 Å². The van der Waals surface area contributed by atoms with Crippen molar-refractivity contribution in [2.75, 3.05) is 0 Å². The molecule has 1 aliphatic carbocycles. The summed E-state index contributed by atoms with van der Waals surface area (Å²) in [6, 6.07) is 3.63. The van der Waals surface area contributed by atoms with Crippen molar-refractivity contribution in [2.45, 2.75) is 25.3 Å². The Bertz CT molecular complexity index is 893. The van der Waals surface area contributed by atoms with Crippen LogP contribution in [0, 0.1) is 4.84 Å². The Labute approximate surface area is 134 Å². The van der Waals surface area contributed by atoms with Crippen molar-refractivity contribution in [3.8, 4) is 0 Å². The number of fused-ring (bicyclic) bond motifs is 1. The average molecular weight is 341 g/mol. The largest absolute Gasteiger partial charge is 0.412 e. The molecule has 1 fully saturated rings. The topological polar surface area (TPSA) is 59.6 Å². The van der Waals surface area contributed by atoms with Gasteiger partial charge in [0.2, 0.25) is 5.89 Å². The molecular formula is C13H10Cl2N4OS. The van der Waals surface area contributed by atoms with Crippen molar-refractivity contribution in [3.05, 3.63) is 38.7 Å². The molecular weight excluding hydrogens is 331 g/mol. The van der Waals surface area contributed by atoms with Crippen LogP contribution in [0.5, 0.6) is 0 Å². The number of imidazole rings is 1. The molecule has 0 radical (unpaired) electrons. The van der Waals surface area contributed by atoms with Crippen molar-refractivity contribution in [1.29, 1.82) is 0 Å². The second kappa shape index (κ2) is 4.83. The van der Waals surface area contributed by atoms with Crippen LogP contribution in [0.2, 0.25) is 10.0 Å². The maximum atomic E-state index is 6.14. The summed E-state index contributed by atoms with van der Waals surface area (Å²) in [5.41, 5.74) is 1.76. The van der Waals surface area contributed by atoms with Crippen LogP contribution in [-0.4, -0.2) is 19.7 Å². The van der Waals surface area contributed by atoms with Gasteiger partial charge in [0.15, 0.2) is 0 Å². The molecule has 0 unspecified atom stereocenters. The van der Waals surface area contributed by atoms with Crippen LogP contribution in [-0.2, 0) is 6.54 Å². The first-order valence-electron chi connectivity index (χ1n) is 6.51. The van der Waals surface area contributed by atoms with E-state index in [1.165, 1.54) is 0 Å². The highest BCUT2D eigenvalue weighted by molar-refractivity contribution is 7.71. The summed E-state index contributed by atoms with van der Waals surface area (Å²) in [6.07, 6.45) is 2.30. The van der Waals surface area contributed by atoms with Gasteiger partial charge in [0.25, 0.3) is 4.84 Å². The fourth-order valence-electron chi connectivity index (χ4n) is 2.42. The molecule has 108 valence electrons. The van der Waals surface area contributed by atoms with Crippen LogP contribution in [0.25, 0.3) is 11.0 Å². The zero-order valence-corrected chi connectivity index (χ0v) is 13.1. The fourth-order valence-corrected chi connectivity index (χ4v) is 2.88. The molecule has 0 aliphatic heterocycles. The van der Waals surface area contributed by atoms with E-state index in [-0.39, 0.29) is 4.84 Å². The molecule has 1 aliphatic rings. The Morgan fingerprint density at radius 2 is 2.10 bits per heavy atom. The zero-order chi connectivity index (χ0) is 14.6. The lowest BCUT2D eigenvalue weighted by Gasteiger charge is -2.06. The first-order chi connectivity index (χ1) is 10.1. The summed E-state index contributed by atoms with van der Waals surface area (Å²) in [4.78, 5) is 4.96. The van der Waals surface area contributed by atoms with Crippen LogP contribution in [0.3, 0.4) is 0 Å². The highest BCUT2D eigenvalue weighted by Gasteiger charge is 2.30. The van der Waals surface area contributed by atoms with Gasteiger partial charge in [-0.1, -0.05) is 23.2 Å². The lowest BCUT2D eigenvalue weighted by molar-refractivity contribution is 0.465. The highest BCUT2D eigenvalue weighted by atomic mass is 35.5. The third kappa shape index (κ3) is 2.37. The van der Waals surface area contributed by atoms with Gasteiger partial charge in [-0.15, -0.1) is 5.10 Å². The molecule has 3 aromatic rings. The molecule has 1 aromatic carbocycles. The third-order valence-electron chi connectivity index (χ3n) is 3.54. The smallest absolute Gasteiger partial charge is 0.284 e. The molecule has 2 aromatic heterocycles. The van der Waals surface area contributed by atoms with Crippen LogP contribution in [0.4, 0.5) is 0 Å². The van der Waals surface area contributed by atoms with Gasteiger partial charge in [0.1, 0.15) is 12.4 Å². The van der Waals surface area contributed by atoms with E-state index < -0.39 is 0 Å². The molecule has 5 nitrogen and oxygen atoms in total. The van der Waals surface area contributed by atoms with Gasteiger partial charge in [-0.2, -0.15) is 0 Å². The summed E-state index contributed by atoms with van der Waals surface area (Å²) >= 11 is 17.1. The number of rotatable bonds is 3. The van der Waals surface area contributed by atoms with Crippen molar-refractivity contribution in [3.63, 3.8) is 0 Å². The number of aromatic nitrogens is 4. The predicted molar refractivity (Wildman–Crippen MR) is 82.5 cm³/mol. The lowest BCUT2D eigenvalue weighted by atomic mass is 10.3. The van der Waals surface area contributed by atoms with Gasteiger partial charge in [0, 0.05) is 5.92 Å². The molecule has 2 heterocycles. The average Bonchev–Trinajstić information content (AvgIpc) is 3.13. The second-order valence-corrected chi connectivity index (χ2v) is 6.28. The number of nitrogens with one attached hydrogen (secondary N) is 1. The monoisotopic (exact) mass is 340 g/mol. The number of halogens is 2. The molecule has 0 spiro atoms. The summed E-state index contributed by atoms with van der Waals surface area (Å²) in [6.45, 7) is 0.466. The van der Waals surface area contributed by atoms with E-state index in [0.717, 1.165) is 29.7 Å². The SMILES string of the molecule is S=c1[nH]nc(Cn2c(C3CC3)nc3cc(Cl)c(Cl)cc32)o1. The Balaban J connectivity index is 1.89. The van der Waals surface area contributed by atoms with Crippen molar-refractivity contribution in [1.82, 2.24) is 19.7 Å². The van der Waals surface area contributed by atoms with E-state index in [1.807, 2.05) is 6.07 Å². The summed E-state index contributed by atoms with van der Waals surface area (Å²) in [7, 11) is 0. The maximum Gasteiger partial charge on any atom is 0.284 e. The zero-order valence-electron chi connectivity index (χ0n) is 10.8. The molecule has 1 N–H and O–H groups in total. The summed E-state index contributed by atoms with van der Waals surface area (Å²) < 4.78 is 7.43. The minimum absolute atomic E-state index is 0.267. The van der Waals surface area contributed by atoms with Crippen molar-refractivity contribution < 1.29 is 4.42 Å². The Morgan fingerprint density at radius 3 is 2.76 bits per heavy atom. The lowest BCUT2D eigenvalue weighted by Crippen LogP contribution is -2.04. The number of hydrogen-bond donors (Lipinski definition) is 1. The second-order valence-electron chi connectivity index (χ2n) is 5.09.